The number of hydrogen-bond donors (Lipinski definition) is 1. The van der Waals surface area contributed by atoms with E-state index < -0.39 is 0 Å². The van der Waals surface area contributed by atoms with Crippen molar-refractivity contribution in [1.82, 2.24) is 19.4 Å². The summed E-state index contributed by atoms with van der Waals surface area (Å²) < 4.78 is 4.51. The van der Waals surface area contributed by atoms with Gasteiger partial charge in [-0.25, -0.2) is 4.98 Å². The van der Waals surface area contributed by atoms with E-state index in [-0.39, 0.29) is 0 Å². The molecule has 3 rings (SSSR count). The number of nitrogens with one attached hydrogen (secondary N) is 1. The Labute approximate surface area is 125 Å². The van der Waals surface area contributed by atoms with Gasteiger partial charge >= 0.3 is 0 Å². The second-order valence-electron chi connectivity index (χ2n) is 5.35. The molecule has 0 saturated heterocycles. The van der Waals surface area contributed by atoms with Crippen LogP contribution < -0.4 is 5.32 Å². The minimum absolute atomic E-state index is 0.929. The van der Waals surface area contributed by atoms with E-state index in [1.807, 2.05) is 19.3 Å². The van der Waals surface area contributed by atoms with Gasteiger partial charge in [0.25, 0.3) is 0 Å². The summed E-state index contributed by atoms with van der Waals surface area (Å²) in [5.74, 6) is 1.07. The molecule has 4 heteroatoms. The fourth-order valence-electron chi connectivity index (χ4n) is 2.66. The molecule has 0 unspecified atom stereocenters. The number of hydrogen-bond acceptors (Lipinski definition) is 2. The Morgan fingerprint density at radius 1 is 1.10 bits per heavy atom. The lowest BCUT2D eigenvalue weighted by Gasteiger charge is -2.09. The monoisotopic (exact) mass is 282 g/mol. The maximum absolute atomic E-state index is 4.27. The van der Waals surface area contributed by atoms with Crippen molar-refractivity contribution in [3.05, 3.63) is 54.2 Å². The summed E-state index contributed by atoms with van der Waals surface area (Å²) in [4.78, 5) is 4.27. The van der Waals surface area contributed by atoms with Crippen LogP contribution in [0.5, 0.6) is 0 Å². The van der Waals surface area contributed by atoms with E-state index in [0.29, 0.717) is 0 Å². The molecular weight excluding hydrogens is 260 g/mol. The van der Waals surface area contributed by atoms with Crippen LogP contribution in [0.3, 0.4) is 0 Å². The lowest BCUT2D eigenvalue weighted by molar-refractivity contribution is 0.580. The van der Waals surface area contributed by atoms with Crippen LogP contribution in [0.25, 0.3) is 10.9 Å². The van der Waals surface area contributed by atoms with E-state index in [1.165, 1.54) is 16.5 Å². The fraction of sp³-hybridized carbons (Fsp3) is 0.353. The van der Waals surface area contributed by atoms with Crippen molar-refractivity contribution < 1.29 is 0 Å². The number of aromatic nitrogens is 3. The van der Waals surface area contributed by atoms with Gasteiger partial charge in [-0.1, -0.05) is 19.1 Å². The Morgan fingerprint density at radius 2 is 1.95 bits per heavy atom. The van der Waals surface area contributed by atoms with Gasteiger partial charge < -0.3 is 14.5 Å². The minimum Gasteiger partial charge on any atom is -0.346 e. The van der Waals surface area contributed by atoms with Crippen molar-refractivity contribution in [2.75, 3.05) is 6.54 Å². The summed E-state index contributed by atoms with van der Waals surface area (Å²) >= 11 is 0. The SMILES string of the molecule is CCNCc1ccc2ccn(CCn3ccnc3C)c2c1. The van der Waals surface area contributed by atoms with Gasteiger partial charge in [-0.05, 0) is 36.6 Å². The highest BCUT2D eigenvalue weighted by Gasteiger charge is 2.03. The third-order valence-electron chi connectivity index (χ3n) is 3.92. The highest BCUT2D eigenvalue weighted by Crippen LogP contribution is 2.18. The van der Waals surface area contributed by atoms with E-state index in [0.717, 1.165) is 32.0 Å². The van der Waals surface area contributed by atoms with Crippen molar-refractivity contribution in [2.24, 2.45) is 0 Å². The van der Waals surface area contributed by atoms with E-state index >= 15 is 0 Å². The van der Waals surface area contributed by atoms with Crippen LogP contribution in [-0.2, 0) is 19.6 Å². The molecule has 21 heavy (non-hydrogen) atoms. The number of imidazole rings is 1. The Bertz CT molecular complexity index is 723. The minimum atomic E-state index is 0.929. The Kier molecular flexibility index (Phi) is 4.06. The molecular formula is C17H22N4. The van der Waals surface area contributed by atoms with E-state index in [1.54, 1.807) is 0 Å². The molecule has 0 atom stereocenters. The number of aryl methyl sites for hydroxylation is 3. The third-order valence-corrected chi connectivity index (χ3v) is 3.92. The predicted molar refractivity (Wildman–Crippen MR) is 86.3 cm³/mol. The first-order valence-corrected chi connectivity index (χ1v) is 7.54. The molecule has 110 valence electrons. The zero-order valence-electron chi connectivity index (χ0n) is 12.7. The normalized spacial score (nSPS) is 11.3. The molecule has 0 bridgehead atoms. The molecule has 0 radical (unpaired) electrons. The van der Waals surface area contributed by atoms with Crippen LogP contribution >= 0.6 is 0 Å². The topological polar surface area (TPSA) is 34.8 Å². The summed E-state index contributed by atoms with van der Waals surface area (Å²) in [6.07, 6.45) is 6.07. The van der Waals surface area contributed by atoms with E-state index in [9.17, 15) is 0 Å². The molecule has 0 spiro atoms. The molecule has 3 aromatic rings. The van der Waals surface area contributed by atoms with E-state index in [4.69, 9.17) is 0 Å². The molecule has 0 aliphatic rings. The second-order valence-corrected chi connectivity index (χ2v) is 5.35. The molecule has 1 N–H and O–H groups in total. The van der Waals surface area contributed by atoms with Gasteiger partial charge in [0.2, 0.25) is 0 Å². The first-order chi connectivity index (χ1) is 10.3. The number of fused-ring (bicyclic) bond motifs is 1. The average Bonchev–Trinajstić information content (AvgIpc) is 3.09. The second kappa shape index (κ2) is 6.14. The smallest absolute Gasteiger partial charge is 0.105 e. The number of benzene rings is 1. The summed E-state index contributed by atoms with van der Waals surface area (Å²) in [5.41, 5.74) is 2.64. The van der Waals surface area contributed by atoms with Crippen molar-refractivity contribution in [1.29, 1.82) is 0 Å². The van der Waals surface area contributed by atoms with Gasteiger partial charge in [0.05, 0.1) is 0 Å². The lowest BCUT2D eigenvalue weighted by atomic mass is 10.1. The highest BCUT2D eigenvalue weighted by molar-refractivity contribution is 5.80. The Morgan fingerprint density at radius 3 is 2.71 bits per heavy atom. The zero-order valence-corrected chi connectivity index (χ0v) is 12.7. The predicted octanol–water partition coefficient (Wildman–Crippen LogP) is 2.96. The molecule has 2 aromatic heterocycles. The summed E-state index contributed by atoms with van der Waals surface area (Å²) in [6.45, 7) is 8.02. The van der Waals surface area contributed by atoms with Crippen molar-refractivity contribution in [3.8, 4) is 0 Å². The summed E-state index contributed by atoms with van der Waals surface area (Å²) in [5, 5.41) is 4.68. The quantitative estimate of drug-likeness (QED) is 0.754. The fourth-order valence-corrected chi connectivity index (χ4v) is 2.66. The first kappa shape index (κ1) is 13.9. The molecule has 0 saturated carbocycles. The molecule has 0 amide bonds. The first-order valence-electron chi connectivity index (χ1n) is 7.54. The van der Waals surface area contributed by atoms with Gasteiger partial charge in [0, 0.05) is 43.7 Å². The Balaban J connectivity index is 1.79. The van der Waals surface area contributed by atoms with Gasteiger partial charge in [0.1, 0.15) is 5.82 Å². The van der Waals surface area contributed by atoms with Gasteiger partial charge in [0.15, 0.2) is 0 Å². The molecule has 4 nitrogen and oxygen atoms in total. The lowest BCUT2D eigenvalue weighted by Crippen LogP contribution is -2.11. The molecule has 0 aliphatic carbocycles. The zero-order chi connectivity index (χ0) is 14.7. The summed E-state index contributed by atoms with van der Waals surface area (Å²) in [7, 11) is 0. The van der Waals surface area contributed by atoms with Crippen LogP contribution in [0, 0.1) is 6.92 Å². The third kappa shape index (κ3) is 3.00. The maximum atomic E-state index is 4.27. The van der Waals surface area contributed by atoms with Crippen LogP contribution in [0.1, 0.15) is 18.3 Å². The van der Waals surface area contributed by atoms with Crippen molar-refractivity contribution in [2.45, 2.75) is 33.5 Å². The van der Waals surface area contributed by atoms with Gasteiger partial charge in [-0.2, -0.15) is 0 Å². The van der Waals surface area contributed by atoms with Crippen molar-refractivity contribution >= 4 is 10.9 Å². The van der Waals surface area contributed by atoms with Crippen LogP contribution in [0.2, 0.25) is 0 Å². The van der Waals surface area contributed by atoms with Crippen LogP contribution in [0.15, 0.2) is 42.9 Å². The number of nitrogens with zero attached hydrogens (tertiary/aromatic N) is 3. The molecule has 2 heterocycles. The molecule has 1 aromatic carbocycles. The highest BCUT2D eigenvalue weighted by atomic mass is 15.1. The van der Waals surface area contributed by atoms with Crippen LogP contribution in [-0.4, -0.2) is 20.7 Å². The van der Waals surface area contributed by atoms with Gasteiger partial charge in [-0.15, -0.1) is 0 Å². The standard InChI is InChI=1S/C17H22N4/c1-3-18-13-15-4-5-16-6-8-21(17(16)12-15)11-10-20-9-7-19-14(20)2/h4-9,12,18H,3,10-11,13H2,1-2H3. The van der Waals surface area contributed by atoms with Gasteiger partial charge in [-0.3, -0.25) is 0 Å². The summed E-state index contributed by atoms with van der Waals surface area (Å²) in [6, 6.07) is 8.89. The van der Waals surface area contributed by atoms with Crippen molar-refractivity contribution in [3.63, 3.8) is 0 Å². The van der Waals surface area contributed by atoms with Crippen LogP contribution in [0.4, 0.5) is 0 Å². The van der Waals surface area contributed by atoms with E-state index in [2.05, 4.69) is 56.8 Å². The largest absolute Gasteiger partial charge is 0.346 e. The average molecular weight is 282 g/mol. The molecule has 0 aliphatic heterocycles. The molecule has 0 fully saturated rings. The maximum Gasteiger partial charge on any atom is 0.105 e. The number of rotatable bonds is 6. The Hall–Kier alpha value is -2.07.